The molecule has 29 heavy (non-hydrogen) atoms. The number of rotatable bonds is 5. The fourth-order valence-electron chi connectivity index (χ4n) is 2.81. The Labute approximate surface area is 165 Å². The number of ether oxygens (including phenoxy) is 2. The van der Waals surface area contributed by atoms with Crippen molar-refractivity contribution in [3.8, 4) is 11.5 Å². The lowest BCUT2D eigenvalue weighted by Gasteiger charge is -2.32. The summed E-state index contributed by atoms with van der Waals surface area (Å²) in [6.45, 7) is 1.11. The highest BCUT2D eigenvalue weighted by Crippen LogP contribution is 2.41. The average molecular weight is 408 g/mol. The molecule has 0 spiro atoms. The lowest BCUT2D eigenvalue weighted by Crippen LogP contribution is -2.57. The van der Waals surface area contributed by atoms with E-state index >= 15 is 0 Å². The number of hydrogen-bond acceptors (Lipinski definition) is 5. The molecule has 1 aliphatic rings. The third-order valence-corrected chi connectivity index (χ3v) is 4.48. The molecule has 0 aliphatic carbocycles. The fourth-order valence-corrected chi connectivity index (χ4v) is 2.81. The second-order valence-electron chi connectivity index (χ2n) is 6.57. The lowest BCUT2D eigenvalue weighted by molar-refractivity contribution is -0.302. The van der Waals surface area contributed by atoms with Gasteiger partial charge in [0.15, 0.2) is 6.61 Å². The molecular weight excluding hydrogens is 389 g/mol. The van der Waals surface area contributed by atoms with Gasteiger partial charge < -0.3 is 14.6 Å². The molecule has 1 N–H and O–H groups in total. The van der Waals surface area contributed by atoms with Gasteiger partial charge in [-0.2, -0.15) is 23.3 Å². The molecule has 3 rings (SSSR count). The Morgan fingerprint density at radius 3 is 2.28 bits per heavy atom. The Kier molecular flexibility index (Phi) is 5.52. The minimum absolute atomic E-state index is 0.0392. The molecule has 0 unspecified atom stereocenters. The monoisotopic (exact) mass is 408 g/mol. The van der Waals surface area contributed by atoms with Crippen molar-refractivity contribution in [1.82, 2.24) is 5.01 Å². The maximum absolute atomic E-state index is 13.6. The highest BCUT2D eigenvalue weighted by molar-refractivity contribution is 6.03. The van der Waals surface area contributed by atoms with Gasteiger partial charge in [0.2, 0.25) is 0 Å². The first-order valence-electron chi connectivity index (χ1n) is 8.67. The van der Waals surface area contributed by atoms with Gasteiger partial charge >= 0.3 is 6.18 Å². The van der Waals surface area contributed by atoms with E-state index in [4.69, 9.17) is 9.47 Å². The van der Waals surface area contributed by atoms with Crippen LogP contribution in [0.3, 0.4) is 0 Å². The maximum Gasteiger partial charge on any atom is 0.438 e. The largest absolute Gasteiger partial charge is 0.497 e. The van der Waals surface area contributed by atoms with Gasteiger partial charge in [0.1, 0.15) is 11.5 Å². The SMILES string of the molecule is COc1ccc(OCC(=O)N2N=C(c3ccc(C)cc3)C[C@]2(O)C(F)(F)F)cc1. The highest BCUT2D eigenvalue weighted by atomic mass is 19.4. The zero-order valence-corrected chi connectivity index (χ0v) is 15.7. The van der Waals surface area contributed by atoms with E-state index in [0.717, 1.165) is 5.56 Å². The first-order valence-corrected chi connectivity index (χ1v) is 8.67. The van der Waals surface area contributed by atoms with Crippen LogP contribution in [0.4, 0.5) is 13.2 Å². The minimum atomic E-state index is -5.10. The molecule has 9 heteroatoms. The van der Waals surface area contributed by atoms with E-state index in [1.54, 1.807) is 36.4 Å². The molecule has 6 nitrogen and oxygen atoms in total. The Balaban J connectivity index is 1.81. The number of halogens is 3. The normalized spacial score (nSPS) is 19.1. The molecule has 0 bridgehead atoms. The van der Waals surface area contributed by atoms with Gasteiger partial charge in [0.05, 0.1) is 19.2 Å². The Morgan fingerprint density at radius 1 is 1.14 bits per heavy atom. The van der Waals surface area contributed by atoms with Gasteiger partial charge in [-0.05, 0) is 36.8 Å². The second kappa shape index (κ2) is 7.75. The van der Waals surface area contributed by atoms with Crippen LogP contribution in [0, 0.1) is 6.92 Å². The third kappa shape index (κ3) is 4.19. The second-order valence-corrected chi connectivity index (χ2v) is 6.57. The van der Waals surface area contributed by atoms with E-state index in [2.05, 4.69) is 5.10 Å². The van der Waals surface area contributed by atoms with Crippen molar-refractivity contribution in [2.75, 3.05) is 13.7 Å². The van der Waals surface area contributed by atoms with E-state index < -0.39 is 30.8 Å². The van der Waals surface area contributed by atoms with Crippen LogP contribution in [0.25, 0.3) is 0 Å². The van der Waals surface area contributed by atoms with E-state index in [0.29, 0.717) is 11.3 Å². The summed E-state index contributed by atoms with van der Waals surface area (Å²) in [5, 5.41) is 14.1. The van der Waals surface area contributed by atoms with Gasteiger partial charge in [-0.1, -0.05) is 29.8 Å². The molecule has 2 aromatic rings. The first-order chi connectivity index (χ1) is 13.6. The summed E-state index contributed by atoms with van der Waals surface area (Å²) in [6, 6.07) is 12.8. The third-order valence-electron chi connectivity index (χ3n) is 4.48. The zero-order chi connectivity index (χ0) is 21.2. The van der Waals surface area contributed by atoms with Crippen LogP contribution in [0.1, 0.15) is 17.5 Å². The average Bonchev–Trinajstić information content (AvgIpc) is 3.06. The lowest BCUT2D eigenvalue weighted by atomic mass is 10.00. The number of hydrazone groups is 1. The molecule has 0 saturated heterocycles. The number of nitrogens with zero attached hydrogens (tertiary/aromatic N) is 2. The van der Waals surface area contributed by atoms with Crippen LogP contribution >= 0.6 is 0 Å². The molecule has 2 aromatic carbocycles. The van der Waals surface area contributed by atoms with Gasteiger partial charge in [0, 0.05) is 0 Å². The van der Waals surface area contributed by atoms with E-state index in [9.17, 15) is 23.1 Å². The van der Waals surface area contributed by atoms with Crippen LogP contribution in [0.2, 0.25) is 0 Å². The molecule has 1 aliphatic heterocycles. The quantitative estimate of drug-likeness (QED) is 0.825. The molecular formula is C20H19F3N2O4. The summed E-state index contributed by atoms with van der Waals surface area (Å²) in [5.74, 6) is -0.304. The van der Waals surface area contributed by atoms with Crippen molar-refractivity contribution in [3.05, 3.63) is 59.7 Å². The summed E-state index contributed by atoms with van der Waals surface area (Å²) in [6.07, 6.45) is -5.97. The van der Waals surface area contributed by atoms with Crippen LogP contribution < -0.4 is 9.47 Å². The number of hydrogen-bond donors (Lipinski definition) is 1. The standard InChI is InChI=1S/C20H19F3N2O4/c1-13-3-5-14(6-4-13)17-11-19(27,20(21,22)23)25(24-17)18(26)12-29-16-9-7-15(28-2)8-10-16/h3-10,27H,11-12H2,1-2H3/t19-/m0/s1. The van der Waals surface area contributed by atoms with Crippen molar-refractivity contribution < 1.29 is 32.5 Å². The minimum Gasteiger partial charge on any atom is -0.497 e. The molecule has 0 aromatic heterocycles. The van der Waals surface area contributed by atoms with Crippen molar-refractivity contribution in [2.24, 2.45) is 5.10 Å². The van der Waals surface area contributed by atoms with Crippen LogP contribution in [-0.4, -0.2) is 47.4 Å². The van der Waals surface area contributed by atoms with Crippen LogP contribution in [-0.2, 0) is 4.79 Å². The van der Waals surface area contributed by atoms with E-state index in [-0.39, 0.29) is 16.5 Å². The van der Waals surface area contributed by atoms with Gasteiger partial charge in [-0.3, -0.25) is 4.79 Å². The highest BCUT2D eigenvalue weighted by Gasteiger charge is 2.63. The Morgan fingerprint density at radius 2 is 1.72 bits per heavy atom. The predicted molar refractivity (Wildman–Crippen MR) is 98.7 cm³/mol. The summed E-state index contributed by atoms with van der Waals surface area (Å²) >= 11 is 0. The van der Waals surface area contributed by atoms with Crippen molar-refractivity contribution in [3.63, 3.8) is 0 Å². The molecule has 0 saturated carbocycles. The number of aryl methyl sites for hydroxylation is 1. The first kappa shape index (κ1) is 20.7. The number of carbonyl (C=O) groups is 1. The number of benzene rings is 2. The van der Waals surface area contributed by atoms with Crippen molar-refractivity contribution in [2.45, 2.75) is 25.2 Å². The Bertz CT molecular complexity index is 911. The number of methoxy groups -OCH3 is 1. The summed E-state index contributed by atoms with van der Waals surface area (Å²) in [4.78, 5) is 12.4. The molecule has 0 fully saturated rings. The maximum atomic E-state index is 13.6. The van der Waals surface area contributed by atoms with Crippen molar-refractivity contribution >= 4 is 11.6 Å². The summed E-state index contributed by atoms with van der Waals surface area (Å²) < 4.78 is 51.0. The molecule has 1 amide bonds. The van der Waals surface area contributed by atoms with Gasteiger partial charge in [-0.15, -0.1) is 0 Å². The van der Waals surface area contributed by atoms with Crippen molar-refractivity contribution in [1.29, 1.82) is 0 Å². The molecule has 1 atom stereocenters. The van der Waals surface area contributed by atoms with Crippen LogP contribution in [0.5, 0.6) is 11.5 Å². The van der Waals surface area contributed by atoms with Gasteiger partial charge in [0.25, 0.3) is 11.6 Å². The fraction of sp³-hybridized carbons (Fsp3) is 0.300. The molecule has 0 radical (unpaired) electrons. The summed E-state index contributed by atoms with van der Waals surface area (Å²) in [5.41, 5.74) is -2.17. The summed E-state index contributed by atoms with van der Waals surface area (Å²) in [7, 11) is 1.48. The number of carbonyl (C=O) groups excluding carboxylic acids is 1. The number of aliphatic hydroxyl groups is 1. The molecule has 154 valence electrons. The van der Waals surface area contributed by atoms with Crippen LogP contribution in [0.15, 0.2) is 53.6 Å². The number of alkyl halides is 3. The Hall–Kier alpha value is -3.07. The predicted octanol–water partition coefficient (Wildman–Crippen LogP) is 3.27. The van der Waals surface area contributed by atoms with E-state index in [1.807, 2.05) is 6.92 Å². The van der Waals surface area contributed by atoms with E-state index in [1.165, 1.54) is 19.2 Å². The number of amides is 1. The molecule has 1 heterocycles. The zero-order valence-electron chi connectivity index (χ0n) is 15.7. The topological polar surface area (TPSA) is 71.4 Å². The van der Waals surface area contributed by atoms with Gasteiger partial charge in [-0.25, -0.2) is 0 Å². The smallest absolute Gasteiger partial charge is 0.438 e.